The van der Waals surface area contributed by atoms with Crippen LogP contribution in [0.4, 0.5) is 0 Å². The summed E-state index contributed by atoms with van der Waals surface area (Å²) in [6.45, 7) is 1.22. The molecule has 20 heavy (non-hydrogen) atoms. The van der Waals surface area contributed by atoms with Crippen molar-refractivity contribution < 1.29 is 14.3 Å². The molecule has 0 spiro atoms. The van der Waals surface area contributed by atoms with E-state index in [0.717, 1.165) is 25.9 Å². The Bertz CT molecular complexity index is 433. The van der Waals surface area contributed by atoms with Crippen molar-refractivity contribution in [1.29, 1.82) is 0 Å². The lowest BCUT2D eigenvalue weighted by atomic mass is 9.81. The topological polar surface area (TPSA) is 46.6 Å². The zero-order valence-electron chi connectivity index (χ0n) is 11.0. The number of hydrogen-bond donors (Lipinski definition) is 0. The molecule has 2 heterocycles. The smallest absolute Gasteiger partial charge is 0.233 e. The number of halogens is 2. The molecule has 0 aromatic carbocycles. The van der Waals surface area contributed by atoms with Crippen LogP contribution in [-0.2, 0) is 14.3 Å². The largest absolute Gasteiger partial charge is 0.376 e. The molecule has 0 radical (unpaired) electrons. The molecule has 7 atom stereocenters. The van der Waals surface area contributed by atoms with Crippen molar-refractivity contribution in [3.63, 3.8) is 0 Å². The molecule has 0 N–H and O–H groups in total. The van der Waals surface area contributed by atoms with Crippen LogP contribution in [0.2, 0.25) is 0 Å². The highest BCUT2D eigenvalue weighted by Gasteiger charge is 2.66. The second-order valence-corrected chi connectivity index (χ2v) is 8.54. The van der Waals surface area contributed by atoms with Gasteiger partial charge in [-0.2, -0.15) is 0 Å². The first-order valence-corrected chi connectivity index (χ1v) is 9.17. The monoisotopic (exact) mass is 405 g/mol. The fourth-order valence-electron chi connectivity index (χ4n) is 4.58. The van der Waals surface area contributed by atoms with E-state index in [1.165, 1.54) is 4.90 Å². The Balaban J connectivity index is 1.57. The fraction of sp³-hybridized carbons (Fsp3) is 0.857. The van der Waals surface area contributed by atoms with Crippen LogP contribution in [0.15, 0.2) is 0 Å². The predicted octanol–water partition coefficient (Wildman–Crippen LogP) is 1.94. The zero-order chi connectivity index (χ0) is 14.0. The summed E-state index contributed by atoms with van der Waals surface area (Å²) in [6, 6.07) is 0. The van der Waals surface area contributed by atoms with Gasteiger partial charge in [0.25, 0.3) is 0 Å². The molecule has 4 fully saturated rings. The van der Waals surface area contributed by atoms with Gasteiger partial charge in [0.1, 0.15) is 0 Å². The lowest BCUT2D eigenvalue weighted by Gasteiger charge is -2.28. The number of ether oxygens (including phenoxy) is 1. The molecule has 2 aliphatic carbocycles. The first-order valence-electron chi connectivity index (χ1n) is 7.34. The summed E-state index contributed by atoms with van der Waals surface area (Å²) in [7, 11) is 0. The van der Waals surface area contributed by atoms with E-state index >= 15 is 0 Å². The van der Waals surface area contributed by atoms with Gasteiger partial charge in [-0.1, -0.05) is 31.9 Å². The number of imide groups is 1. The molecule has 6 heteroatoms. The van der Waals surface area contributed by atoms with E-state index in [1.807, 2.05) is 0 Å². The van der Waals surface area contributed by atoms with E-state index in [0.29, 0.717) is 28.0 Å². The minimum Gasteiger partial charge on any atom is -0.376 e. The maximum atomic E-state index is 12.6. The van der Waals surface area contributed by atoms with Crippen LogP contribution in [0.5, 0.6) is 0 Å². The van der Waals surface area contributed by atoms with Gasteiger partial charge in [-0.15, -0.1) is 0 Å². The maximum Gasteiger partial charge on any atom is 0.233 e. The van der Waals surface area contributed by atoms with Crippen molar-refractivity contribution in [2.24, 2.45) is 23.7 Å². The molecule has 2 bridgehead atoms. The highest BCUT2D eigenvalue weighted by molar-refractivity contribution is 9.12. The quantitative estimate of drug-likeness (QED) is 0.520. The molecule has 4 aliphatic rings. The number of carbonyl (C=O) groups is 2. The van der Waals surface area contributed by atoms with E-state index in [9.17, 15) is 9.59 Å². The summed E-state index contributed by atoms with van der Waals surface area (Å²) in [5.74, 6) is 0.526. The standard InChI is InChI=1S/C14H17Br2NO3/c15-11-7-4-8(12(11)16)10-9(7)13(18)17(14(10)19)5-6-2-1-3-20-6/h6-12H,1-5H2/t6-,7-,8+,9-,10+,11+,12-/m0/s1. The van der Waals surface area contributed by atoms with Crippen molar-refractivity contribution in [2.45, 2.75) is 35.0 Å². The van der Waals surface area contributed by atoms with Crippen molar-refractivity contribution in [3.8, 4) is 0 Å². The van der Waals surface area contributed by atoms with Crippen LogP contribution >= 0.6 is 31.9 Å². The average Bonchev–Trinajstić information content (AvgIpc) is 3.15. The van der Waals surface area contributed by atoms with Crippen molar-refractivity contribution in [2.75, 3.05) is 13.2 Å². The van der Waals surface area contributed by atoms with E-state index in [1.54, 1.807) is 0 Å². The van der Waals surface area contributed by atoms with E-state index in [-0.39, 0.29) is 29.8 Å². The van der Waals surface area contributed by atoms with E-state index < -0.39 is 0 Å². The second-order valence-electron chi connectivity index (χ2n) is 6.43. The van der Waals surface area contributed by atoms with Gasteiger partial charge in [0.05, 0.1) is 24.5 Å². The van der Waals surface area contributed by atoms with Gasteiger partial charge in [0.2, 0.25) is 11.8 Å². The van der Waals surface area contributed by atoms with Gasteiger partial charge in [0.15, 0.2) is 0 Å². The number of carbonyl (C=O) groups excluding carboxylic acids is 2. The van der Waals surface area contributed by atoms with E-state index in [2.05, 4.69) is 31.9 Å². The van der Waals surface area contributed by atoms with Gasteiger partial charge < -0.3 is 4.74 Å². The molecule has 0 unspecified atom stereocenters. The number of hydrogen-bond acceptors (Lipinski definition) is 3. The Kier molecular flexibility index (Phi) is 3.28. The van der Waals surface area contributed by atoms with Crippen LogP contribution in [0.25, 0.3) is 0 Å². The Hall–Kier alpha value is 0.0600. The number of amides is 2. The third-order valence-electron chi connectivity index (χ3n) is 5.49. The molecule has 2 amide bonds. The SMILES string of the molecule is O=C1[C@@H]2[C@H]3C[C@H]([C@@H](Br)[C@H]3Br)[C@@H]2C(=O)N1C[C@@H]1CCCO1. The molecule has 0 aromatic rings. The number of fused-ring (bicyclic) bond motifs is 5. The Morgan fingerprint density at radius 2 is 1.70 bits per heavy atom. The highest BCUT2D eigenvalue weighted by Crippen LogP contribution is 2.60. The fourth-order valence-corrected chi connectivity index (χ4v) is 6.46. The van der Waals surface area contributed by atoms with Crippen LogP contribution < -0.4 is 0 Å². The van der Waals surface area contributed by atoms with Crippen LogP contribution in [0, 0.1) is 23.7 Å². The number of nitrogens with zero attached hydrogens (tertiary/aromatic N) is 1. The summed E-state index contributed by atoms with van der Waals surface area (Å²) in [5, 5.41) is 0. The minimum atomic E-state index is -0.0907. The Labute approximate surface area is 134 Å². The van der Waals surface area contributed by atoms with Gasteiger partial charge in [-0.05, 0) is 31.1 Å². The van der Waals surface area contributed by atoms with Gasteiger partial charge in [-0.3, -0.25) is 14.5 Å². The average molecular weight is 407 g/mol. The second kappa shape index (κ2) is 4.78. The number of likely N-dealkylation sites (tertiary alicyclic amines) is 1. The number of alkyl halides is 2. The van der Waals surface area contributed by atoms with Crippen LogP contribution in [-0.4, -0.2) is 45.6 Å². The number of rotatable bonds is 2. The van der Waals surface area contributed by atoms with Crippen LogP contribution in [0.1, 0.15) is 19.3 Å². The van der Waals surface area contributed by atoms with Crippen molar-refractivity contribution in [1.82, 2.24) is 4.90 Å². The molecule has 4 nitrogen and oxygen atoms in total. The summed E-state index contributed by atoms with van der Waals surface area (Å²) in [6.07, 6.45) is 3.04. The molecule has 110 valence electrons. The van der Waals surface area contributed by atoms with Crippen molar-refractivity contribution in [3.05, 3.63) is 0 Å². The molecular weight excluding hydrogens is 390 g/mol. The predicted molar refractivity (Wildman–Crippen MR) is 79.7 cm³/mol. The first kappa shape index (κ1) is 13.7. The zero-order valence-corrected chi connectivity index (χ0v) is 14.2. The first-order chi connectivity index (χ1) is 9.59. The summed E-state index contributed by atoms with van der Waals surface area (Å²) in [5.41, 5.74) is 0. The van der Waals surface area contributed by atoms with Crippen LogP contribution in [0.3, 0.4) is 0 Å². The van der Waals surface area contributed by atoms with Gasteiger partial charge in [-0.25, -0.2) is 0 Å². The van der Waals surface area contributed by atoms with Gasteiger partial charge >= 0.3 is 0 Å². The molecule has 2 saturated carbocycles. The van der Waals surface area contributed by atoms with Crippen molar-refractivity contribution >= 4 is 43.7 Å². The Morgan fingerprint density at radius 1 is 1.10 bits per heavy atom. The Morgan fingerprint density at radius 3 is 2.20 bits per heavy atom. The normalized spacial score (nSPS) is 50.3. The molecule has 2 aliphatic heterocycles. The molecule has 4 rings (SSSR count). The molecule has 2 saturated heterocycles. The summed E-state index contributed by atoms with van der Waals surface area (Å²) in [4.78, 5) is 27.4. The highest BCUT2D eigenvalue weighted by atomic mass is 79.9. The van der Waals surface area contributed by atoms with Gasteiger partial charge in [0, 0.05) is 16.3 Å². The third kappa shape index (κ3) is 1.73. The third-order valence-corrected chi connectivity index (χ3v) is 8.70. The molecular formula is C14H17Br2NO3. The summed E-state index contributed by atoms with van der Waals surface area (Å²) < 4.78 is 5.58. The lowest BCUT2D eigenvalue weighted by molar-refractivity contribution is -0.142. The minimum absolute atomic E-state index is 0.0480. The maximum absolute atomic E-state index is 12.6. The summed E-state index contributed by atoms with van der Waals surface area (Å²) >= 11 is 7.40. The van der Waals surface area contributed by atoms with E-state index in [4.69, 9.17) is 4.74 Å². The molecule has 0 aromatic heterocycles. The lowest BCUT2D eigenvalue weighted by Crippen LogP contribution is -2.38.